The molecule has 1 aromatic carbocycles. The SMILES string of the molecule is CC1CCC(C(=O)NC2CC(OCc3ccccc3)C2)CC1. The summed E-state index contributed by atoms with van der Waals surface area (Å²) in [6.07, 6.45) is 6.75. The first kappa shape index (κ1) is 15.5. The molecule has 2 saturated carbocycles. The molecule has 2 aliphatic rings. The number of hydrogen-bond donors (Lipinski definition) is 1. The highest BCUT2D eigenvalue weighted by atomic mass is 16.5. The summed E-state index contributed by atoms with van der Waals surface area (Å²) in [5.74, 6) is 1.32. The van der Waals surface area contributed by atoms with E-state index in [1.54, 1.807) is 0 Å². The van der Waals surface area contributed by atoms with Gasteiger partial charge in [-0.15, -0.1) is 0 Å². The highest BCUT2D eigenvalue weighted by Crippen LogP contribution is 2.30. The van der Waals surface area contributed by atoms with Crippen molar-refractivity contribution in [1.29, 1.82) is 0 Å². The zero-order chi connectivity index (χ0) is 15.4. The second-order valence-corrected chi connectivity index (χ2v) is 7.05. The van der Waals surface area contributed by atoms with Gasteiger partial charge in [-0.3, -0.25) is 4.79 Å². The smallest absolute Gasteiger partial charge is 0.223 e. The van der Waals surface area contributed by atoms with Crippen LogP contribution in [0, 0.1) is 11.8 Å². The summed E-state index contributed by atoms with van der Waals surface area (Å²) in [7, 11) is 0. The second kappa shape index (κ2) is 7.28. The van der Waals surface area contributed by atoms with E-state index in [2.05, 4.69) is 24.4 Å². The highest BCUT2D eigenvalue weighted by molar-refractivity contribution is 5.79. The molecule has 22 heavy (non-hydrogen) atoms. The Balaban J connectivity index is 1.33. The average molecular weight is 301 g/mol. The zero-order valence-corrected chi connectivity index (χ0v) is 13.5. The van der Waals surface area contributed by atoms with Gasteiger partial charge in [0.05, 0.1) is 12.7 Å². The predicted molar refractivity (Wildman–Crippen MR) is 87.3 cm³/mol. The van der Waals surface area contributed by atoms with Gasteiger partial charge in [-0.05, 0) is 50.0 Å². The van der Waals surface area contributed by atoms with Crippen LogP contribution in [0.1, 0.15) is 51.0 Å². The summed E-state index contributed by atoms with van der Waals surface area (Å²) >= 11 is 0. The van der Waals surface area contributed by atoms with Crippen LogP contribution in [-0.2, 0) is 16.1 Å². The molecule has 3 nitrogen and oxygen atoms in total. The molecule has 1 N–H and O–H groups in total. The quantitative estimate of drug-likeness (QED) is 0.901. The first-order valence-corrected chi connectivity index (χ1v) is 8.66. The summed E-state index contributed by atoms with van der Waals surface area (Å²) < 4.78 is 5.88. The Morgan fingerprint density at radius 1 is 1.14 bits per heavy atom. The van der Waals surface area contributed by atoms with Crippen LogP contribution >= 0.6 is 0 Å². The first-order chi connectivity index (χ1) is 10.7. The topological polar surface area (TPSA) is 38.3 Å². The molecule has 0 saturated heterocycles. The van der Waals surface area contributed by atoms with Crippen LogP contribution in [0.5, 0.6) is 0 Å². The van der Waals surface area contributed by atoms with E-state index in [0.29, 0.717) is 18.8 Å². The van der Waals surface area contributed by atoms with Crippen LogP contribution in [0.25, 0.3) is 0 Å². The summed E-state index contributed by atoms with van der Waals surface area (Å²) in [6.45, 7) is 2.96. The summed E-state index contributed by atoms with van der Waals surface area (Å²) in [6, 6.07) is 10.6. The zero-order valence-electron chi connectivity index (χ0n) is 13.5. The molecule has 2 fully saturated rings. The molecule has 0 aliphatic heterocycles. The number of benzene rings is 1. The Hall–Kier alpha value is -1.35. The van der Waals surface area contributed by atoms with Crippen molar-refractivity contribution in [1.82, 2.24) is 5.32 Å². The minimum Gasteiger partial charge on any atom is -0.373 e. The molecule has 0 radical (unpaired) electrons. The van der Waals surface area contributed by atoms with Crippen molar-refractivity contribution in [3.8, 4) is 0 Å². The molecule has 0 atom stereocenters. The average Bonchev–Trinajstić information content (AvgIpc) is 2.51. The third-order valence-electron chi connectivity index (χ3n) is 5.16. The Kier molecular flexibility index (Phi) is 5.14. The molecular formula is C19H27NO2. The molecule has 120 valence electrons. The van der Waals surface area contributed by atoms with Gasteiger partial charge in [-0.25, -0.2) is 0 Å². The van der Waals surface area contributed by atoms with E-state index < -0.39 is 0 Å². The van der Waals surface area contributed by atoms with Crippen LogP contribution < -0.4 is 5.32 Å². The van der Waals surface area contributed by atoms with Gasteiger partial charge in [0.1, 0.15) is 0 Å². The number of carbonyl (C=O) groups is 1. The van der Waals surface area contributed by atoms with Gasteiger partial charge in [0.25, 0.3) is 0 Å². The standard InChI is InChI=1S/C19H27NO2/c1-14-7-9-16(10-8-14)19(21)20-17-11-18(12-17)22-13-15-5-3-2-4-6-15/h2-6,14,16-18H,7-13H2,1H3,(H,20,21). The molecule has 0 spiro atoms. The van der Waals surface area contributed by atoms with Crippen molar-refractivity contribution < 1.29 is 9.53 Å². The van der Waals surface area contributed by atoms with Crippen LogP contribution in [-0.4, -0.2) is 18.1 Å². The van der Waals surface area contributed by atoms with Gasteiger partial charge in [-0.2, -0.15) is 0 Å². The van der Waals surface area contributed by atoms with E-state index in [1.807, 2.05) is 18.2 Å². The number of nitrogens with one attached hydrogen (secondary N) is 1. The summed E-state index contributed by atoms with van der Waals surface area (Å²) in [5.41, 5.74) is 1.21. The Bertz CT molecular complexity index is 473. The maximum Gasteiger partial charge on any atom is 0.223 e. The Labute approximate surface area is 133 Å². The van der Waals surface area contributed by atoms with Gasteiger partial charge in [0.15, 0.2) is 0 Å². The van der Waals surface area contributed by atoms with Crippen LogP contribution in [0.4, 0.5) is 0 Å². The minimum absolute atomic E-state index is 0.250. The molecule has 1 amide bonds. The van der Waals surface area contributed by atoms with Crippen molar-refractivity contribution in [3.63, 3.8) is 0 Å². The molecule has 3 rings (SSSR count). The van der Waals surface area contributed by atoms with Gasteiger partial charge in [0, 0.05) is 12.0 Å². The highest BCUT2D eigenvalue weighted by Gasteiger charge is 2.33. The van der Waals surface area contributed by atoms with Crippen molar-refractivity contribution >= 4 is 5.91 Å². The van der Waals surface area contributed by atoms with E-state index in [9.17, 15) is 4.79 Å². The first-order valence-electron chi connectivity index (χ1n) is 8.66. The number of amides is 1. The molecular weight excluding hydrogens is 274 g/mol. The summed E-state index contributed by atoms with van der Waals surface area (Å²) in [4.78, 5) is 12.2. The second-order valence-electron chi connectivity index (χ2n) is 7.05. The molecule has 0 heterocycles. The van der Waals surface area contributed by atoms with E-state index in [4.69, 9.17) is 4.74 Å². The lowest BCUT2D eigenvalue weighted by atomic mass is 9.81. The number of rotatable bonds is 5. The van der Waals surface area contributed by atoms with E-state index in [-0.39, 0.29) is 11.8 Å². The monoisotopic (exact) mass is 301 g/mol. The lowest BCUT2D eigenvalue weighted by Crippen LogP contribution is -2.49. The van der Waals surface area contributed by atoms with E-state index in [0.717, 1.165) is 31.6 Å². The third-order valence-corrected chi connectivity index (χ3v) is 5.16. The fourth-order valence-electron chi connectivity index (χ4n) is 3.45. The lowest BCUT2D eigenvalue weighted by Gasteiger charge is -2.37. The van der Waals surface area contributed by atoms with Crippen LogP contribution in [0.2, 0.25) is 0 Å². The van der Waals surface area contributed by atoms with Crippen molar-refractivity contribution in [2.75, 3.05) is 0 Å². The lowest BCUT2D eigenvalue weighted by molar-refractivity contribution is -0.129. The normalized spacial score (nSPS) is 31.3. The third kappa shape index (κ3) is 4.10. The number of hydrogen-bond acceptors (Lipinski definition) is 2. The molecule has 1 aromatic rings. The van der Waals surface area contributed by atoms with Gasteiger partial charge in [0.2, 0.25) is 5.91 Å². The van der Waals surface area contributed by atoms with Crippen molar-refractivity contribution in [3.05, 3.63) is 35.9 Å². The Morgan fingerprint density at radius 3 is 2.50 bits per heavy atom. The van der Waals surface area contributed by atoms with Crippen molar-refractivity contribution in [2.24, 2.45) is 11.8 Å². The molecule has 0 unspecified atom stereocenters. The summed E-state index contributed by atoms with van der Waals surface area (Å²) in [5, 5.41) is 3.21. The van der Waals surface area contributed by atoms with E-state index in [1.165, 1.54) is 18.4 Å². The van der Waals surface area contributed by atoms with E-state index >= 15 is 0 Å². The number of carbonyl (C=O) groups excluding carboxylic acids is 1. The largest absolute Gasteiger partial charge is 0.373 e. The molecule has 3 heteroatoms. The van der Waals surface area contributed by atoms with Crippen LogP contribution in [0.15, 0.2) is 30.3 Å². The van der Waals surface area contributed by atoms with Gasteiger partial charge >= 0.3 is 0 Å². The maximum absolute atomic E-state index is 12.2. The maximum atomic E-state index is 12.2. The number of ether oxygens (including phenoxy) is 1. The fourth-order valence-corrected chi connectivity index (χ4v) is 3.45. The fraction of sp³-hybridized carbons (Fsp3) is 0.632. The molecule has 0 aromatic heterocycles. The van der Waals surface area contributed by atoms with Crippen LogP contribution in [0.3, 0.4) is 0 Å². The van der Waals surface area contributed by atoms with Gasteiger partial charge in [-0.1, -0.05) is 37.3 Å². The minimum atomic E-state index is 0.250. The molecule has 2 aliphatic carbocycles. The predicted octanol–water partition coefficient (Wildman–Crippen LogP) is 3.68. The van der Waals surface area contributed by atoms with Crippen molar-refractivity contribution in [2.45, 2.75) is 64.2 Å². The molecule has 0 bridgehead atoms. The van der Waals surface area contributed by atoms with Gasteiger partial charge < -0.3 is 10.1 Å². The Morgan fingerprint density at radius 2 is 1.82 bits per heavy atom.